The minimum absolute atomic E-state index is 0.0594. The highest BCUT2D eigenvalue weighted by atomic mass is 19.2. The molecule has 4 N–H and O–H groups in total. The van der Waals surface area contributed by atoms with Crippen molar-refractivity contribution in [3.05, 3.63) is 29.6 Å². The number of hydrogen-bond acceptors (Lipinski definition) is 2. The van der Waals surface area contributed by atoms with Crippen molar-refractivity contribution in [1.29, 1.82) is 0 Å². The molecule has 8 heteroatoms. The molecule has 0 unspecified atom stereocenters. The van der Waals surface area contributed by atoms with E-state index in [1.54, 1.807) is 0 Å². The second-order valence-electron chi connectivity index (χ2n) is 5.37. The Balaban J connectivity index is 1.89. The predicted octanol–water partition coefficient (Wildman–Crippen LogP) is -0.177. The number of halogens is 3. The summed E-state index contributed by atoms with van der Waals surface area (Å²) in [7, 11) is 0. The SMILES string of the molecule is NC(=O)C1CC[NH+](CC(=O)Nc2ccc(F)c(F)c2F)CC1. The Bertz CT molecular complexity index is 587. The van der Waals surface area contributed by atoms with Crippen molar-refractivity contribution in [1.82, 2.24) is 0 Å². The van der Waals surface area contributed by atoms with E-state index >= 15 is 0 Å². The number of quaternary nitrogens is 1. The van der Waals surface area contributed by atoms with Gasteiger partial charge in [-0.05, 0) is 12.1 Å². The molecule has 5 nitrogen and oxygen atoms in total. The number of anilines is 1. The number of likely N-dealkylation sites (tertiary alicyclic amines) is 1. The maximum Gasteiger partial charge on any atom is 0.279 e. The summed E-state index contributed by atoms with van der Waals surface area (Å²) in [4.78, 5) is 23.8. The normalized spacial score (nSPS) is 21.4. The Morgan fingerprint density at radius 1 is 1.18 bits per heavy atom. The predicted molar refractivity (Wildman–Crippen MR) is 72.4 cm³/mol. The second-order valence-corrected chi connectivity index (χ2v) is 5.37. The van der Waals surface area contributed by atoms with Crippen LogP contribution in [0.25, 0.3) is 0 Å². The maximum atomic E-state index is 13.5. The van der Waals surface area contributed by atoms with E-state index in [1.807, 2.05) is 0 Å². The number of rotatable bonds is 4. The summed E-state index contributed by atoms with van der Waals surface area (Å²) >= 11 is 0. The minimum atomic E-state index is -1.62. The van der Waals surface area contributed by atoms with E-state index < -0.39 is 29.0 Å². The molecule has 0 bridgehead atoms. The lowest BCUT2D eigenvalue weighted by molar-refractivity contribution is -0.897. The third kappa shape index (κ3) is 3.76. The summed E-state index contributed by atoms with van der Waals surface area (Å²) in [6.45, 7) is 1.26. The standard InChI is InChI=1S/C14H16F3N3O2/c15-9-1-2-10(13(17)12(9)16)19-11(21)7-20-5-3-8(4-6-20)14(18)22/h1-2,8H,3-7H2,(H2,18,22)(H,19,21)/p+1. The lowest BCUT2D eigenvalue weighted by Crippen LogP contribution is -3.14. The van der Waals surface area contributed by atoms with Crippen molar-refractivity contribution in [3.8, 4) is 0 Å². The first kappa shape index (κ1) is 16.3. The number of carbonyl (C=O) groups is 2. The lowest BCUT2D eigenvalue weighted by atomic mass is 9.96. The van der Waals surface area contributed by atoms with Gasteiger partial charge >= 0.3 is 0 Å². The Hall–Kier alpha value is -2.09. The maximum absolute atomic E-state index is 13.5. The van der Waals surface area contributed by atoms with E-state index in [2.05, 4.69) is 5.32 Å². The number of primary amides is 1. The number of piperidine rings is 1. The highest BCUT2D eigenvalue weighted by Crippen LogP contribution is 2.19. The Labute approximate surface area is 125 Å². The summed E-state index contributed by atoms with van der Waals surface area (Å²) in [5.41, 5.74) is 4.83. The summed E-state index contributed by atoms with van der Waals surface area (Å²) in [5, 5.41) is 2.23. The zero-order valence-electron chi connectivity index (χ0n) is 11.8. The van der Waals surface area contributed by atoms with Gasteiger partial charge in [0.15, 0.2) is 24.0 Å². The van der Waals surface area contributed by atoms with Gasteiger partial charge in [-0.3, -0.25) is 9.59 Å². The average molecular weight is 316 g/mol. The zero-order chi connectivity index (χ0) is 16.3. The van der Waals surface area contributed by atoms with Gasteiger partial charge in [0.1, 0.15) is 0 Å². The fourth-order valence-corrected chi connectivity index (χ4v) is 2.53. The van der Waals surface area contributed by atoms with Crippen molar-refractivity contribution in [2.45, 2.75) is 12.8 Å². The number of benzene rings is 1. The fourth-order valence-electron chi connectivity index (χ4n) is 2.53. The van der Waals surface area contributed by atoms with E-state index in [1.165, 1.54) is 0 Å². The molecule has 1 heterocycles. The molecule has 1 aliphatic heterocycles. The number of carbonyl (C=O) groups excluding carboxylic acids is 2. The number of nitrogens with two attached hydrogens (primary N) is 1. The molecule has 0 saturated carbocycles. The third-order valence-corrected chi connectivity index (χ3v) is 3.81. The molecule has 0 atom stereocenters. The highest BCUT2D eigenvalue weighted by molar-refractivity contribution is 5.91. The molecule has 120 valence electrons. The van der Waals surface area contributed by atoms with Crippen LogP contribution in [0.4, 0.5) is 18.9 Å². The number of amides is 2. The molecule has 1 aromatic rings. The van der Waals surface area contributed by atoms with Gasteiger partial charge < -0.3 is 16.0 Å². The largest absolute Gasteiger partial charge is 0.369 e. The molecule has 1 aliphatic rings. The van der Waals surface area contributed by atoms with Crippen LogP contribution in [0, 0.1) is 23.4 Å². The van der Waals surface area contributed by atoms with Crippen LogP contribution in [0.15, 0.2) is 12.1 Å². The van der Waals surface area contributed by atoms with Crippen LogP contribution in [0.1, 0.15) is 12.8 Å². The topological polar surface area (TPSA) is 76.6 Å². The van der Waals surface area contributed by atoms with Crippen molar-refractivity contribution in [2.75, 3.05) is 25.0 Å². The first-order valence-electron chi connectivity index (χ1n) is 6.94. The smallest absolute Gasteiger partial charge is 0.279 e. The molecule has 0 aliphatic carbocycles. The molecule has 22 heavy (non-hydrogen) atoms. The number of hydrogen-bond donors (Lipinski definition) is 3. The lowest BCUT2D eigenvalue weighted by Gasteiger charge is -2.27. The zero-order valence-corrected chi connectivity index (χ0v) is 11.8. The van der Waals surface area contributed by atoms with E-state index in [4.69, 9.17) is 5.73 Å². The van der Waals surface area contributed by atoms with Crippen LogP contribution in [0.2, 0.25) is 0 Å². The molecular weight excluding hydrogens is 299 g/mol. The van der Waals surface area contributed by atoms with Crippen LogP contribution >= 0.6 is 0 Å². The van der Waals surface area contributed by atoms with Crippen LogP contribution < -0.4 is 16.0 Å². The van der Waals surface area contributed by atoms with E-state index in [9.17, 15) is 22.8 Å². The summed E-state index contributed by atoms with van der Waals surface area (Å²) in [5.74, 6) is -5.36. The molecule has 1 fully saturated rings. The molecule has 2 amide bonds. The molecule has 0 aromatic heterocycles. The molecular formula is C14H17F3N3O2+. The van der Waals surface area contributed by atoms with Crippen LogP contribution in [-0.4, -0.2) is 31.4 Å². The van der Waals surface area contributed by atoms with Crippen molar-refractivity contribution in [2.24, 2.45) is 11.7 Å². The van der Waals surface area contributed by atoms with Crippen molar-refractivity contribution in [3.63, 3.8) is 0 Å². The van der Waals surface area contributed by atoms with Crippen molar-refractivity contribution >= 4 is 17.5 Å². The Morgan fingerprint density at radius 2 is 1.82 bits per heavy atom. The van der Waals surface area contributed by atoms with Crippen LogP contribution in [0.5, 0.6) is 0 Å². The van der Waals surface area contributed by atoms with Gasteiger partial charge in [-0.25, -0.2) is 13.2 Å². The quantitative estimate of drug-likeness (QED) is 0.674. The van der Waals surface area contributed by atoms with E-state index in [-0.39, 0.29) is 18.4 Å². The summed E-state index contributed by atoms with van der Waals surface area (Å²) < 4.78 is 39.3. The van der Waals surface area contributed by atoms with Gasteiger partial charge in [-0.1, -0.05) is 0 Å². The minimum Gasteiger partial charge on any atom is -0.369 e. The molecule has 1 aromatic carbocycles. The van der Waals surface area contributed by atoms with Gasteiger partial charge in [0.2, 0.25) is 5.91 Å². The van der Waals surface area contributed by atoms with Crippen molar-refractivity contribution < 1.29 is 27.7 Å². The van der Waals surface area contributed by atoms with Gasteiger partial charge in [-0.15, -0.1) is 0 Å². The second kappa shape index (κ2) is 6.78. The summed E-state index contributed by atoms with van der Waals surface area (Å²) in [6.07, 6.45) is 1.19. The van der Waals surface area contributed by atoms with Gasteiger partial charge in [0, 0.05) is 18.8 Å². The van der Waals surface area contributed by atoms with Crippen LogP contribution in [-0.2, 0) is 9.59 Å². The van der Waals surface area contributed by atoms with E-state index in [0.29, 0.717) is 25.9 Å². The van der Waals surface area contributed by atoms with E-state index in [0.717, 1.165) is 17.0 Å². The third-order valence-electron chi connectivity index (χ3n) is 3.81. The van der Waals surface area contributed by atoms with Gasteiger partial charge in [-0.2, -0.15) is 0 Å². The fraction of sp³-hybridized carbons (Fsp3) is 0.429. The number of nitrogens with one attached hydrogen (secondary N) is 2. The van der Waals surface area contributed by atoms with Gasteiger partial charge in [0.05, 0.1) is 18.8 Å². The Morgan fingerprint density at radius 3 is 2.41 bits per heavy atom. The highest BCUT2D eigenvalue weighted by Gasteiger charge is 2.27. The van der Waals surface area contributed by atoms with Gasteiger partial charge in [0.25, 0.3) is 5.91 Å². The molecule has 0 radical (unpaired) electrons. The average Bonchev–Trinajstić information content (AvgIpc) is 2.48. The molecule has 2 rings (SSSR count). The molecule has 0 spiro atoms. The summed E-state index contributed by atoms with van der Waals surface area (Å²) in [6, 6.07) is 1.72. The monoisotopic (exact) mass is 316 g/mol. The first-order valence-corrected chi connectivity index (χ1v) is 6.94. The molecule has 1 saturated heterocycles. The Kier molecular flexibility index (Phi) is 5.02. The first-order chi connectivity index (χ1) is 10.4. The van der Waals surface area contributed by atoms with Crippen LogP contribution in [0.3, 0.4) is 0 Å².